The van der Waals surface area contributed by atoms with E-state index in [2.05, 4.69) is 0 Å². The van der Waals surface area contributed by atoms with E-state index < -0.39 is 9.17 Å². The molecule has 0 aliphatic heterocycles. The van der Waals surface area contributed by atoms with E-state index in [1.165, 1.54) is 0 Å². The van der Waals surface area contributed by atoms with Crippen LogP contribution in [0.5, 0.6) is 0 Å². The normalized spacial score (nSPS) is 2.00. The molecule has 0 aromatic rings. The van der Waals surface area contributed by atoms with E-state index in [4.69, 9.17) is 14.1 Å². The molecule has 3 nitrogen and oxygen atoms in total. The van der Waals surface area contributed by atoms with Crippen LogP contribution in [0.25, 0.3) is 0 Å². The van der Waals surface area contributed by atoms with Crippen molar-refractivity contribution in [3.8, 4) is 0 Å². The van der Waals surface area contributed by atoms with Crippen molar-refractivity contribution in [1.29, 1.82) is 0 Å². The van der Waals surface area contributed by atoms with E-state index >= 15 is 0 Å². The molecule has 0 heterocycles. The molecule has 12 heteroatoms. The van der Waals surface area contributed by atoms with Gasteiger partial charge in [0, 0.05) is 0 Å². The Bertz CT molecular complexity index is 43.8. The van der Waals surface area contributed by atoms with E-state index in [0.29, 0.717) is 0 Å². The summed E-state index contributed by atoms with van der Waals surface area (Å²) in [5.74, 6) is 0. The van der Waals surface area contributed by atoms with Crippen LogP contribution < -0.4 is 0 Å². The Hall–Kier alpha value is 0.392. The summed E-state index contributed by atoms with van der Waals surface area (Å²) in [6.07, 6.45) is 0. The zero-order chi connectivity index (χ0) is 3.58. The predicted molar refractivity (Wildman–Crippen MR) is 40.2 cm³/mol. The van der Waals surface area contributed by atoms with Gasteiger partial charge < -0.3 is 9.59 Å². The van der Waals surface area contributed by atoms with Gasteiger partial charge in [-0.2, -0.15) is 0 Å². The van der Waals surface area contributed by atoms with Crippen molar-refractivity contribution in [2.75, 3.05) is 0 Å². The van der Waals surface area contributed by atoms with Gasteiger partial charge in [-0.3, -0.25) is 32.7 Å². The summed E-state index contributed by atoms with van der Waals surface area (Å²) in [7, 11) is -3.13. The number of rotatable bonds is 0. The second-order valence-electron chi connectivity index (χ2n) is 0.283. The molecule has 0 amide bonds. The molecule has 76 valence electrons. The van der Waals surface area contributed by atoms with E-state index in [-0.39, 0.29) is 65.9 Å². The Balaban J connectivity index is -0.00000000161. The summed E-state index contributed by atoms with van der Waals surface area (Å²) >= 11 is 0. The quantitative estimate of drug-likeness (QED) is 0.362. The maximum atomic E-state index is 8.74. The van der Waals surface area contributed by atoms with Gasteiger partial charge in [0.2, 0.25) is 0 Å². The van der Waals surface area contributed by atoms with Gasteiger partial charge in [0.1, 0.15) is 0 Å². The third kappa shape index (κ3) is 5970. The van der Waals surface area contributed by atoms with Crippen LogP contribution in [0.2, 0.25) is 0 Å². The summed E-state index contributed by atoms with van der Waals surface area (Å²) in [6.45, 7) is 0. The molecule has 0 atom stereocenters. The molecular weight excluding hydrogens is 204 g/mol. The summed E-state index contributed by atoms with van der Waals surface area (Å²) < 4.78 is 8.74. The first-order valence-corrected chi connectivity index (χ1v) is 1.95. The molecule has 0 fully saturated rings. The van der Waals surface area contributed by atoms with Crippen LogP contribution in [-0.2, 0) is 4.46 Å². The molecule has 12 heavy (non-hydrogen) atoms. The van der Waals surface area contributed by atoms with Crippen molar-refractivity contribution in [1.82, 2.24) is 0 Å². The molecule has 0 radical (unpaired) electrons. The van der Waals surface area contributed by atoms with E-state index in [0.717, 1.165) is 0 Å². The van der Waals surface area contributed by atoms with Crippen LogP contribution in [0.15, 0.2) is 0 Å². The SMILES string of the molecule is F.F.F.F.F.F.O=[Si](O)O.[LiH].[LiH]. The molecular formula is H10F6Li2O3Si. The van der Waals surface area contributed by atoms with Gasteiger partial charge in [-0.15, -0.1) is 0 Å². The number of halogens is 6. The fourth-order valence-corrected chi connectivity index (χ4v) is 0. The molecule has 0 aliphatic rings. The van der Waals surface area contributed by atoms with Crippen LogP contribution in [0.1, 0.15) is 0 Å². The Morgan fingerprint density at radius 3 is 0.667 bits per heavy atom. The fraction of sp³-hybridized carbons (Fsp3) is 0. The summed E-state index contributed by atoms with van der Waals surface area (Å²) in [6, 6.07) is 0. The fourth-order valence-electron chi connectivity index (χ4n) is 0. The third-order valence-corrected chi connectivity index (χ3v) is 0. The van der Waals surface area contributed by atoms with Gasteiger partial charge >= 0.3 is 46.9 Å². The zero-order valence-corrected chi connectivity index (χ0v) is 5.25. The Kier molecular flexibility index (Phi) is 1250. The van der Waals surface area contributed by atoms with Gasteiger partial charge in [0.25, 0.3) is 0 Å². The van der Waals surface area contributed by atoms with Gasteiger partial charge in [-0.05, 0) is 0 Å². The van der Waals surface area contributed by atoms with Crippen LogP contribution in [0, 0.1) is 0 Å². The molecule has 0 aromatic carbocycles. The minimum atomic E-state index is -3.13. The molecule has 0 spiro atoms. The van der Waals surface area contributed by atoms with E-state index in [9.17, 15) is 0 Å². The molecule has 0 saturated carbocycles. The van der Waals surface area contributed by atoms with Crippen molar-refractivity contribution in [2.24, 2.45) is 0 Å². The molecule has 0 bridgehead atoms. The maximum absolute atomic E-state index is 8.74. The third-order valence-electron chi connectivity index (χ3n) is 0. The minimum absolute atomic E-state index is 0. The standard InChI is InChI=1S/6FH.2Li.H2O3Si.2H/c;;;;;;;;1-4(2)3;;/h6*1H;;;1-2H;;. The molecule has 0 aromatic heterocycles. The average Bonchev–Trinajstić information content (AvgIpc) is 0.811. The van der Waals surface area contributed by atoms with Gasteiger partial charge in [-0.25, -0.2) is 0 Å². The summed E-state index contributed by atoms with van der Waals surface area (Å²) in [5, 5.41) is 0. The monoisotopic (exact) mass is 214 g/mol. The Morgan fingerprint density at radius 2 is 0.667 bits per heavy atom. The first kappa shape index (κ1) is 140. The second kappa shape index (κ2) is 107. The van der Waals surface area contributed by atoms with Crippen molar-refractivity contribution in [2.45, 2.75) is 0 Å². The van der Waals surface area contributed by atoms with Crippen LogP contribution in [0.4, 0.5) is 28.2 Å². The first-order valence-electron chi connectivity index (χ1n) is 0.651. The van der Waals surface area contributed by atoms with Crippen LogP contribution in [-0.4, -0.2) is 56.5 Å². The van der Waals surface area contributed by atoms with Crippen molar-refractivity contribution >= 4 is 46.9 Å². The number of hydrogen-bond acceptors (Lipinski definition) is 1. The van der Waals surface area contributed by atoms with Gasteiger partial charge in [-0.1, -0.05) is 0 Å². The molecule has 0 saturated heterocycles. The topological polar surface area (TPSA) is 57.5 Å². The van der Waals surface area contributed by atoms with Crippen molar-refractivity contribution in [3.05, 3.63) is 0 Å². The van der Waals surface area contributed by atoms with Gasteiger partial charge in [0.05, 0.1) is 0 Å². The second-order valence-corrected chi connectivity index (χ2v) is 0.848. The predicted octanol–water partition coefficient (Wildman–Crippen LogP) is -2.00. The summed E-state index contributed by atoms with van der Waals surface area (Å²) in [4.78, 5) is 14.3. The van der Waals surface area contributed by atoms with E-state index in [1.54, 1.807) is 0 Å². The Morgan fingerprint density at radius 1 is 0.667 bits per heavy atom. The van der Waals surface area contributed by atoms with Crippen molar-refractivity contribution in [3.63, 3.8) is 0 Å². The molecule has 2 N–H and O–H groups in total. The van der Waals surface area contributed by atoms with Crippen LogP contribution >= 0.6 is 0 Å². The number of hydrogen-bond donors (Lipinski definition) is 2. The molecule has 0 rings (SSSR count). The zero-order valence-electron chi connectivity index (χ0n) is 4.25. The van der Waals surface area contributed by atoms with Gasteiger partial charge in [0.15, 0.2) is 0 Å². The van der Waals surface area contributed by atoms with Crippen molar-refractivity contribution < 1.29 is 42.3 Å². The van der Waals surface area contributed by atoms with Crippen LogP contribution in [0.3, 0.4) is 0 Å². The van der Waals surface area contributed by atoms with E-state index in [1.807, 2.05) is 0 Å². The summed E-state index contributed by atoms with van der Waals surface area (Å²) in [5.41, 5.74) is 0. The Labute approximate surface area is 89.4 Å². The molecule has 0 unspecified atom stereocenters. The first-order chi connectivity index (χ1) is 1.73. The molecule has 0 aliphatic carbocycles. The average molecular weight is 214 g/mol.